The molecule has 1 aliphatic heterocycles. The fourth-order valence-corrected chi connectivity index (χ4v) is 7.68. The van der Waals surface area contributed by atoms with E-state index in [0.717, 1.165) is 41.1 Å². The predicted molar refractivity (Wildman–Crippen MR) is 141 cm³/mol. The number of piperidine rings is 1. The van der Waals surface area contributed by atoms with Gasteiger partial charge >= 0.3 is 6.18 Å². The average Bonchev–Trinajstić information content (AvgIpc) is 3.61. The molecule has 0 amide bonds. The Morgan fingerprint density at radius 3 is 2.40 bits per heavy atom. The van der Waals surface area contributed by atoms with E-state index in [1.165, 1.54) is 27.8 Å². The van der Waals surface area contributed by atoms with Gasteiger partial charge in [0.05, 0.1) is 38.3 Å². The number of halogens is 4. The summed E-state index contributed by atoms with van der Waals surface area (Å²) in [6.45, 7) is -0.116. The first-order valence-corrected chi connectivity index (χ1v) is 14.6. The molecular weight excluding hydrogens is 566 g/mol. The Balaban J connectivity index is 1.40. The highest BCUT2D eigenvalue weighted by molar-refractivity contribution is 7.89. The lowest BCUT2D eigenvalue weighted by molar-refractivity contribution is -0.137. The van der Waals surface area contributed by atoms with Crippen LogP contribution in [-0.4, -0.2) is 41.4 Å². The van der Waals surface area contributed by atoms with Crippen molar-refractivity contribution in [1.29, 1.82) is 0 Å². The zero-order valence-electron chi connectivity index (χ0n) is 20.7. The number of hydrogen-bond acceptors (Lipinski definition) is 5. The van der Waals surface area contributed by atoms with Crippen molar-refractivity contribution in [2.75, 3.05) is 13.1 Å². The molecule has 2 aromatic carbocycles. The second-order valence-corrected chi connectivity index (χ2v) is 12.7. The van der Waals surface area contributed by atoms with Gasteiger partial charge in [0.25, 0.3) is 0 Å². The number of alkyl halides is 3. The van der Waals surface area contributed by atoms with Crippen LogP contribution in [0.4, 0.5) is 17.6 Å². The van der Waals surface area contributed by atoms with Gasteiger partial charge in [0, 0.05) is 13.1 Å². The minimum Gasteiger partial charge on any atom is -0.292 e. The number of hydrogen-bond donors (Lipinski definition) is 0. The summed E-state index contributed by atoms with van der Waals surface area (Å²) in [7, 11) is -4.20. The summed E-state index contributed by atoms with van der Waals surface area (Å²) < 4.78 is 82.7. The summed E-state index contributed by atoms with van der Waals surface area (Å²) in [5.41, 5.74) is 0.686. The number of rotatable bonds is 5. The molecule has 206 valence electrons. The van der Waals surface area contributed by atoms with Crippen molar-refractivity contribution in [1.82, 2.24) is 14.1 Å². The number of carbonyl (C=O) groups is 1. The normalized spacial score (nSPS) is 19.6. The summed E-state index contributed by atoms with van der Waals surface area (Å²) >= 11 is 1.26. The largest absolute Gasteiger partial charge is 0.416 e. The molecule has 3 heterocycles. The molecule has 2 aliphatic rings. The van der Waals surface area contributed by atoms with Crippen molar-refractivity contribution in [2.24, 2.45) is 5.41 Å². The molecule has 6 nitrogen and oxygen atoms in total. The molecule has 40 heavy (non-hydrogen) atoms. The number of carbonyl (C=O) groups excluding carboxylic acids is 1. The van der Waals surface area contributed by atoms with E-state index in [2.05, 4.69) is 5.10 Å². The summed E-state index contributed by atoms with van der Waals surface area (Å²) in [5, 5.41) is 6.24. The van der Waals surface area contributed by atoms with Crippen molar-refractivity contribution in [2.45, 2.75) is 23.9 Å². The van der Waals surface area contributed by atoms with Gasteiger partial charge in [-0.25, -0.2) is 17.5 Å². The van der Waals surface area contributed by atoms with Crippen molar-refractivity contribution in [3.05, 3.63) is 105 Å². The van der Waals surface area contributed by atoms with Gasteiger partial charge in [-0.1, -0.05) is 11.6 Å². The summed E-state index contributed by atoms with van der Waals surface area (Å²) in [6.07, 6.45) is -0.680. The first-order chi connectivity index (χ1) is 19.0. The Kier molecular flexibility index (Phi) is 6.32. The number of thiophene rings is 1. The van der Waals surface area contributed by atoms with Gasteiger partial charge in [-0.05, 0) is 84.5 Å². The highest BCUT2D eigenvalue weighted by Crippen LogP contribution is 2.47. The van der Waals surface area contributed by atoms with E-state index in [-0.39, 0.29) is 42.4 Å². The molecule has 0 saturated carbocycles. The quantitative estimate of drug-likeness (QED) is 0.212. The second-order valence-electron chi connectivity index (χ2n) is 9.79. The minimum atomic E-state index is -4.59. The lowest BCUT2D eigenvalue weighted by Crippen LogP contribution is -2.53. The van der Waals surface area contributed by atoms with Gasteiger partial charge < -0.3 is 0 Å². The maximum Gasteiger partial charge on any atom is 0.416 e. The van der Waals surface area contributed by atoms with E-state index in [1.807, 2.05) is 6.08 Å². The van der Waals surface area contributed by atoms with E-state index in [4.69, 9.17) is 0 Å². The van der Waals surface area contributed by atoms with Gasteiger partial charge in [-0.2, -0.15) is 22.6 Å². The van der Waals surface area contributed by atoms with Crippen molar-refractivity contribution >= 4 is 33.2 Å². The fraction of sp³-hybridized carbons (Fsp3) is 0.214. The molecule has 0 radical (unpaired) electrons. The van der Waals surface area contributed by atoms with Crippen LogP contribution in [-0.2, 0) is 22.6 Å². The number of nitrogens with zero attached hydrogens (tertiary/aromatic N) is 3. The molecule has 4 aromatic rings. The second kappa shape index (κ2) is 9.50. The summed E-state index contributed by atoms with van der Waals surface area (Å²) in [5.74, 6) is -0.605. The van der Waals surface area contributed by atoms with Crippen molar-refractivity contribution in [3.8, 4) is 5.69 Å². The zero-order valence-corrected chi connectivity index (χ0v) is 22.4. The molecule has 0 bridgehead atoms. The maximum absolute atomic E-state index is 14.1. The number of sulfonamides is 1. The van der Waals surface area contributed by atoms with Crippen LogP contribution in [0.3, 0.4) is 0 Å². The lowest BCUT2D eigenvalue weighted by atomic mass is 9.66. The van der Waals surface area contributed by atoms with Crippen LogP contribution in [0.15, 0.2) is 82.7 Å². The van der Waals surface area contributed by atoms with Crippen LogP contribution in [0.5, 0.6) is 0 Å². The van der Waals surface area contributed by atoms with E-state index in [0.29, 0.717) is 10.6 Å². The number of fused-ring (bicyclic) bond motifs is 2. The topological polar surface area (TPSA) is 72.3 Å². The maximum atomic E-state index is 14.1. The lowest BCUT2D eigenvalue weighted by Gasteiger charge is -2.44. The number of ketones is 1. The fourth-order valence-electron chi connectivity index (χ4n) is 5.42. The molecule has 0 spiro atoms. The third-order valence-corrected chi connectivity index (χ3v) is 10.2. The summed E-state index contributed by atoms with van der Waals surface area (Å²) in [6, 6.07) is 12.7. The number of Topliss-reactive ketones (excluding diaryl/α,β-unsaturated/α-hetero) is 1. The molecule has 1 atom stereocenters. The Morgan fingerprint density at radius 1 is 1.02 bits per heavy atom. The third kappa shape index (κ3) is 4.40. The molecule has 1 fully saturated rings. The van der Waals surface area contributed by atoms with Crippen LogP contribution in [0.1, 0.15) is 32.9 Å². The standard InChI is InChI=1S/C28H21F4N3O3S2/c29-21-5-7-22(8-6-21)35-24-14-20-11-12-34(40(37,38)23-9-3-19(4-10-23)28(30,31)32)17-27(20,15-18(24)16-33-35)26(36)25-2-1-13-39-25/h1-10,13-14,16H,11-12,15,17H2/t27-/m1/s1. The molecule has 2 aromatic heterocycles. The first-order valence-electron chi connectivity index (χ1n) is 12.3. The molecule has 1 aliphatic carbocycles. The zero-order chi connectivity index (χ0) is 28.3. The smallest absolute Gasteiger partial charge is 0.292 e. The first kappa shape index (κ1) is 26.6. The molecule has 6 rings (SSSR count). The van der Waals surface area contributed by atoms with E-state index in [1.54, 1.807) is 40.5 Å². The molecule has 1 saturated heterocycles. The molecule has 0 N–H and O–H groups in total. The van der Waals surface area contributed by atoms with Crippen LogP contribution in [0, 0.1) is 11.2 Å². The van der Waals surface area contributed by atoms with Crippen molar-refractivity contribution in [3.63, 3.8) is 0 Å². The molecule has 0 unspecified atom stereocenters. The highest BCUT2D eigenvalue weighted by atomic mass is 32.2. The monoisotopic (exact) mass is 587 g/mol. The van der Waals surface area contributed by atoms with Crippen LogP contribution in [0.2, 0.25) is 0 Å². The van der Waals surface area contributed by atoms with Crippen LogP contribution >= 0.6 is 11.3 Å². The number of benzene rings is 2. The minimum absolute atomic E-state index is 0.0503. The van der Waals surface area contributed by atoms with E-state index < -0.39 is 27.2 Å². The van der Waals surface area contributed by atoms with Crippen LogP contribution < -0.4 is 0 Å². The van der Waals surface area contributed by atoms with Gasteiger partial charge in [-0.15, -0.1) is 11.3 Å². The van der Waals surface area contributed by atoms with E-state index in [9.17, 15) is 30.8 Å². The van der Waals surface area contributed by atoms with Gasteiger partial charge in [0.2, 0.25) is 10.0 Å². The Hall–Kier alpha value is -3.61. The third-order valence-electron chi connectivity index (χ3n) is 7.45. The van der Waals surface area contributed by atoms with E-state index >= 15 is 0 Å². The van der Waals surface area contributed by atoms with Gasteiger partial charge in [-0.3, -0.25) is 4.79 Å². The SMILES string of the molecule is O=C(c1cccs1)[C@@]12Cc3cnn(-c4ccc(F)cc4)c3C=C1CCN(S(=O)(=O)c1ccc(C(F)(F)F)cc1)C2. The average molecular weight is 588 g/mol. The number of aromatic nitrogens is 2. The predicted octanol–water partition coefficient (Wildman–Crippen LogP) is 6.00. The summed E-state index contributed by atoms with van der Waals surface area (Å²) in [4.78, 5) is 14.3. The van der Waals surface area contributed by atoms with Crippen LogP contribution in [0.25, 0.3) is 11.8 Å². The highest BCUT2D eigenvalue weighted by Gasteiger charge is 2.51. The molecule has 12 heteroatoms. The van der Waals surface area contributed by atoms with Gasteiger partial charge in [0.15, 0.2) is 5.78 Å². The molecular formula is C28H21F4N3O3S2. The van der Waals surface area contributed by atoms with Crippen molar-refractivity contribution < 1.29 is 30.8 Å². The Bertz CT molecular complexity index is 1730. The Morgan fingerprint density at radius 2 is 1.75 bits per heavy atom. The Labute approximate surface area is 231 Å². The van der Waals surface area contributed by atoms with Gasteiger partial charge in [0.1, 0.15) is 5.82 Å².